The third-order valence-corrected chi connectivity index (χ3v) is 6.78. The minimum Gasteiger partial charge on any atom is -0.469 e. The number of halogens is 4. The Kier molecular flexibility index (Phi) is 7.28. The molecule has 0 aliphatic rings. The molecule has 0 aliphatic heterocycles. The number of carbonyl (C=O) groups excluding carboxylic acids is 1. The molecule has 0 fully saturated rings. The Labute approximate surface area is 209 Å². The van der Waals surface area contributed by atoms with E-state index >= 15 is 0 Å². The van der Waals surface area contributed by atoms with Gasteiger partial charge in [-0.2, -0.15) is 0 Å². The Balaban J connectivity index is 1.72. The molecule has 0 unspecified atom stereocenters. The Morgan fingerprint density at radius 2 is 1.71 bits per heavy atom. The van der Waals surface area contributed by atoms with Crippen molar-refractivity contribution in [3.8, 4) is 16.9 Å². The Hall–Kier alpha value is -3.16. The second-order valence-electron chi connectivity index (χ2n) is 7.78. The highest BCUT2D eigenvalue weighted by Crippen LogP contribution is 2.40. The summed E-state index contributed by atoms with van der Waals surface area (Å²) in [5.74, 6) is -0.583. The van der Waals surface area contributed by atoms with Crippen LogP contribution in [0.4, 0.5) is 13.2 Å². The van der Waals surface area contributed by atoms with Crippen molar-refractivity contribution in [2.45, 2.75) is 29.5 Å². The Bertz CT molecular complexity index is 1390. The summed E-state index contributed by atoms with van der Waals surface area (Å²) >= 11 is 7.46. The molecule has 4 aromatic rings. The van der Waals surface area contributed by atoms with Crippen molar-refractivity contribution < 1.29 is 27.4 Å². The molecular formula is C27H20ClF3O3S. The highest BCUT2D eigenvalue weighted by molar-refractivity contribution is 7.99. The van der Waals surface area contributed by atoms with Crippen LogP contribution in [0.5, 0.6) is 5.75 Å². The highest BCUT2D eigenvalue weighted by Gasteiger charge is 2.32. The van der Waals surface area contributed by atoms with Gasteiger partial charge in [0.05, 0.1) is 18.4 Å². The number of carbonyl (C=O) groups is 1. The van der Waals surface area contributed by atoms with E-state index in [9.17, 15) is 18.0 Å². The lowest BCUT2D eigenvalue weighted by Gasteiger charge is -2.16. The maximum Gasteiger partial charge on any atom is 0.573 e. The predicted molar refractivity (Wildman–Crippen MR) is 132 cm³/mol. The molecule has 8 heteroatoms. The van der Waals surface area contributed by atoms with Crippen molar-refractivity contribution in [2.24, 2.45) is 0 Å². The molecule has 0 radical (unpaired) electrons. The minimum atomic E-state index is -4.77. The first-order chi connectivity index (χ1) is 16.6. The molecule has 0 amide bonds. The van der Waals surface area contributed by atoms with Gasteiger partial charge < -0.3 is 9.47 Å². The molecule has 0 aromatic heterocycles. The van der Waals surface area contributed by atoms with Gasteiger partial charge in [-0.25, -0.2) is 0 Å². The first kappa shape index (κ1) is 24.9. The lowest BCUT2D eigenvalue weighted by Crippen LogP contribution is -2.17. The molecule has 4 rings (SSSR count). The monoisotopic (exact) mass is 516 g/mol. The summed E-state index contributed by atoms with van der Waals surface area (Å²) in [7, 11) is 1.35. The van der Waals surface area contributed by atoms with Crippen LogP contribution in [0.2, 0.25) is 5.02 Å². The average molecular weight is 517 g/mol. The van der Waals surface area contributed by atoms with Gasteiger partial charge >= 0.3 is 12.3 Å². The number of ether oxygens (including phenoxy) is 2. The van der Waals surface area contributed by atoms with Crippen molar-refractivity contribution in [1.29, 1.82) is 0 Å². The molecule has 4 aromatic carbocycles. The fourth-order valence-electron chi connectivity index (χ4n) is 3.87. The number of methoxy groups -OCH3 is 1. The summed E-state index contributed by atoms with van der Waals surface area (Å²) in [5.41, 5.74) is 3.60. The summed E-state index contributed by atoms with van der Waals surface area (Å²) < 4.78 is 47.3. The normalized spacial score (nSPS) is 11.5. The number of alkyl halides is 3. The molecule has 0 N–H and O–H groups in total. The Morgan fingerprint density at radius 1 is 1.00 bits per heavy atom. The van der Waals surface area contributed by atoms with E-state index in [2.05, 4.69) is 4.74 Å². The molecule has 0 spiro atoms. The summed E-state index contributed by atoms with van der Waals surface area (Å²) in [5, 5.41) is 2.46. The molecular weight excluding hydrogens is 497 g/mol. The predicted octanol–water partition coefficient (Wildman–Crippen LogP) is 8.23. The second kappa shape index (κ2) is 10.2. The molecule has 0 heterocycles. The number of rotatable bonds is 6. The SMILES string of the molecule is COC(=O)Cc1cc2ccc(Cl)cc2c(-c2ccc(Sc3ccccc3OC(F)(F)F)cc2)c1C. The highest BCUT2D eigenvalue weighted by atomic mass is 35.5. The van der Waals surface area contributed by atoms with Gasteiger partial charge in [-0.1, -0.05) is 59.8 Å². The third-order valence-electron chi connectivity index (χ3n) is 5.48. The van der Waals surface area contributed by atoms with Gasteiger partial charge in [-0.3, -0.25) is 4.79 Å². The minimum absolute atomic E-state index is 0.137. The van der Waals surface area contributed by atoms with Gasteiger partial charge in [0.15, 0.2) is 0 Å². The zero-order valence-corrected chi connectivity index (χ0v) is 20.4. The van der Waals surface area contributed by atoms with Crippen molar-refractivity contribution >= 4 is 40.1 Å². The van der Waals surface area contributed by atoms with Crippen LogP contribution in [-0.4, -0.2) is 19.4 Å². The average Bonchev–Trinajstić information content (AvgIpc) is 2.81. The van der Waals surface area contributed by atoms with Gasteiger partial charge in [-0.15, -0.1) is 13.2 Å². The molecule has 35 heavy (non-hydrogen) atoms. The van der Waals surface area contributed by atoms with Gasteiger partial charge in [0, 0.05) is 9.92 Å². The van der Waals surface area contributed by atoms with E-state index in [4.69, 9.17) is 16.3 Å². The smallest absolute Gasteiger partial charge is 0.469 e. The van der Waals surface area contributed by atoms with Crippen molar-refractivity contribution in [1.82, 2.24) is 0 Å². The quantitative estimate of drug-likeness (QED) is 0.242. The molecule has 180 valence electrons. The number of benzene rings is 4. The molecule has 0 aliphatic carbocycles. The zero-order chi connectivity index (χ0) is 25.2. The number of esters is 1. The van der Waals surface area contributed by atoms with Gasteiger partial charge in [-0.05, 0) is 76.3 Å². The summed E-state index contributed by atoms with van der Waals surface area (Å²) in [4.78, 5) is 13.1. The first-order valence-electron chi connectivity index (χ1n) is 10.6. The zero-order valence-electron chi connectivity index (χ0n) is 18.8. The second-order valence-corrected chi connectivity index (χ2v) is 9.33. The Morgan fingerprint density at radius 3 is 2.40 bits per heavy atom. The van der Waals surface area contributed by atoms with E-state index in [1.165, 1.54) is 31.0 Å². The van der Waals surface area contributed by atoms with E-state index < -0.39 is 6.36 Å². The standard InChI is InChI=1S/C27H20ClF3O3S/c1-16-19(14-25(32)33-2)13-18-7-10-20(28)15-22(18)26(16)17-8-11-21(12-9-17)35-24-6-4-3-5-23(24)34-27(29,30)31/h3-13,15H,14H2,1-2H3. The van der Waals surface area contributed by atoms with E-state index in [0.717, 1.165) is 37.9 Å². The molecule has 3 nitrogen and oxygen atoms in total. The van der Waals surface area contributed by atoms with Crippen molar-refractivity contribution in [3.63, 3.8) is 0 Å². The largest absolute Gasteiger partial charge is 0.573 e. The van der Waals surface area contributed by atoms with Crippen LogP contribution in [0.15, 0.2) is 82.6 Å². The maximum absolute atomic E-state index is 12.8. The van der Waals surface area contributed by atoms with Crippen LogP contribution < -0.4 is 4.74 Å². The van der Waals surface area contributed by atoms with Crippen LogP contribution in [0.1, 0.15) is 11.1 Å². The molecule has 0 bridgehead atoms. The van der Waals surface area contributed by atoms with Crippen LogP contribution in [0, 0.1) is 6.92 Å². The number of hydrogen-bond acceptors (Lipinski definition) is 4. The first-order valence-corrected chi connectivity index (χ1v) is 11.8. The van der Waals surface area contributed by atoms with Crippen molar-refractivity contribution in [3.05, 3.63) is 88.9 Å². The topological polar surface area (TPSA) is 35.5 Å². The lowest BCUT2D eigenvalue weighted by atomic mass is 9.89. The van der Waals surface area contributed by atoms with E-state index in [1.54, 1.807) is 18.2 Å². The van der Waals surface area contributed by atoms with E-state index in [0.29, 0.717) is 9.92 Å². The van der Waals surface area contributed by atoms with Crippen molar-refractivity contribution in [2.75, 3.05) is 7.11 Å². The summed E-state index contributed by atoms with van der Waals surface area (Å²) in [6.45, 7) is 1.95. The van der Waals surface area contributed by atoms with E-state index in [1.807, 2.05) is 49.4 Å². The molecule has 0 atom stereocenters. The maximum atomic E-state index is 12.8. The van der Waals surface area contributed by atoms with Gasteiger partial charge in [0.25, 0.3) is 0 Å². The number of para-hydroxylation sites is 1. The van der Waals surface area contributed by atoms with E-state index in [-0.39, 0.29) is 18.1 Å². The lowest BCUT2D eigenvalue weighted by molar-refractivity contribution is -0.275. The molecule has 0 saturated heterocycles. The fraction of sp³-hybridized carbons (Fsp3) is 0.148. The van der Waals surface area contributed by atoms with Crippen LogP contribution >= 0.6 is 23.4 Å². The summed E-state index contributed by atoms with van der Waals surface area (Å²) in [6, 6.07) is 21.1. The number of hydrogen-bond donors (Lipinski definition) is 0. The third kappa shape index (κ3) is 5.92. The van der Waals surface area contributed by atoms with Gasteiger partial charge in [0.2, 0.25) is 0 Å². The number of fused-ring (bicyclic) bond motifs is 1. The summed E-state index contributed by atoms with van der Waals surface area (Å²) in [6.07, 6.45) is -4.63. The van der Waals surface area contributed by atoms with Crippen LogP contribution in [-0.2, 0) is 16.0 Å². The molecule has 0 saturated carbocycles. The van der Waals surface area contributed by atoms with Crippen LogP contribution in [0.25, 0.3) is 21.9 Å². The van der Waals surface area contributed by atoms with Gasteiger partial charge in [0.1, 0.15) is 5.75 Å². The fourth-order valence-corrected chi connectivity index (χ4v) is 4.93. The van der Waals surface area contributed by atoms with Crippen LogP contribution in [0.3, 0.4) is 0 Å².